The maximum Gasteiger partial charge on any atom is 0.243 e. The number of hydrogen-bond donors (Lipinski definition) is 1. The highest BCUT2D eigenvalue weighted by atomic mass is 35.5. The van der Waals surface area contributed by atoms with Gasteiger partial charge in [-0.2, -0.15) is 4.31 Å². The summed E-state index contributed by atoms with van der Waals surface area (Å²) in [7, 11) is -3.59. The number of nitrogens with zero attached hydrogens (tertiary/aromatic N) is 1. The van der Waals surface area contributed by atoms with Crippen molar-refractivity contribution in [3.05, 3.63) is 52.0 Å². The second kappa shape index (κ2) is 7.52. The highest BCUT2D eigenvalue weighted by Crippen LogP contribution is 2.36. The minimum atomic E-state index is -3.59. The summed E-state index contributed by atoms with van der Waals surface area (Å²) in [5, 5.41) is 1.47. The van der Waals surface area contributed by atoms with E-state index >= 15 is 0 Å². The van der Waals surface area contributed by atoms with Gasteiger partial charge < -0.3 is 4.98 Å². The van der Waals surface area contributed by atoms with Gasteiger partial charge in [-0.05, 0) is 49.2 Å². The Hall–Kier alpha value is -1.86. The molecule has 8 heteroatoms. The number of fused-ring (bicyclic) bond motifs is 1. The lowest BCUT2D eigenvalue weighted by atomic mass is 10.1. The molecule has 0 saturated carbocycles. The van der Waals surface area contributed by atoms with Crippen LogP contribution in [0.15, 0.2) is 41.3 Å². The monoisotopic (exact) mass is 436 g/mol. The molecule has 0 atom stereocenters. The van der Waals surface area contributed by atoms with Gasteiger partial charge in [-0.15, -0.1) is 0 Å². The van der Waals surface area contributed by atoms with Crippen LogP contribution in [0.1, 0.15) is 29.6 Å². The number of benzene rings is 2. The molecule has 0 aliphatic carbocycles. The van der Waals surface area contributed by atoms with E-state index < -0.39 is 10.0 Å². The fourth-order valence-electron chi connectivity index (χ4n) is 3.63. The lowest BCUT2D eigenvalue weighted by molar-refractivity contribution is 0.112. The van der Waals surface area contributed by atoms with Crippen LogP contribution in [0.25, 0.3) is 22.2 Å². The lowest BCUT2D eigenvalue weighted by Crippen LogP contribution is -2.35. The molecule has 4 rings (SSSR count). The van der Waals surface area contributed by atoms with E-state index in [9.17, 15) is 13.2 Å². The van der Waals surface area contributed by atoms with Crippen LogP contribution in [-0.2, 0) is 10.0 Å². The normalized spacial score (nSPS) is 15.8. The molecule has 2 heterocycles. The van der Waals surface area contributed by atoms with Crippen molar-refractivity contribution >= 4 is 50.4 Å². The topological polar surface area (TPSA) is 70.2 Å². The number of H-pyrrole nitrogens is 1. The van der Waals surface area contributed by atoms with Crippen molar-refractivity contribution in [2.45, 2.75) is 24.2 Å². The number of hydrogen-bond acceptors (Lipinski definition) is 3. The van der Waals surface area contributed by atoms with Crippen LogP contribution in [0.4, 0.5) is 0 Å². The van der Waals surface area contributed by atoms with E-state index in [1.165, 1.54) is 4.31 Å². The summed E-state index contributed by atoms with van der Waals surface area (Å²) in [5.41, 5.74) is 2.12. The van der Waals surface area contributed by atoms with Crippen LogP contribution in [-0.4, -0.2) is 37.1 Å². The van der Waals surface area contributed by atoms with Crippen LogP contribution in [0.3, 0.4) is 0 Å². The van der Waals surface area contributed by atoms with Crippen molar-refractivity contribution in [2.24, 2.45) is 0 Å². The Bertz CT molecular complexity index is 1170. The van der Waals surface area contributed by atoms with Crippen molar-refractivity contribution < 1.29 is 13.2 Å². The Morgan fingerprint density at radius 1 is 1.00 bits per heavy atom. The standard InChI is InChI=1S/C20H18Cl2N2O3S/c21-13-4-6-18(22)16(10-13)20-17(12-25)15-11-14(5-7-19(15)23-20)28(26,27)24-8-2-1-3-9-24/h4-7,10-12,23H,1-3,8-9H2. The summed E-state index contributed by atoms with van der Waals surface area (Å²) in [6.45, 7) is 1.05. The van der Waals surface area contributed by atoms with Crippen molar-refractivity contribution in [1.29, 1.82) is 0 Å². The largest absolute Gasteiger partial charge is 0.354 e. The minimum absolute atomic E-state index is 0.188. The molecule has 1 fully saturated rings. The van der Waals surface area contributed by atoms with E-state index in [1.807, 2.05) is 0 Å². The summed E-state index contributed by atoms with van der Waals surface area (Å²) >= 11 is 12.4. The molecule has 1 aliphatic rings. The van der Waals surface area contributed by atoms with E-state index in [0.29, 0.717) is 57.1 Å². The van der Waals surface area contributed by atoms with Crippen molar-refractivity contribution in [1.82, 2.24) is 9.29 Å². The van der Waals surface area contributed by atoms with E-state index in [1.54, 1.807) is 36.4 Å². The zero-order valence-electron chi connectivity index (χ0n) is 14.9. The van der Waals surface area contributed by atoms with E-state index in [2.05, 4.69) is 4.98 Å². The van der Waals surface area contributed by atoms with E-state index in [0.717, 1.165) is 19.3 Å². The first-order valence-electron chi connectivity index (χ1n) is 8.98. The third-order valence-corrected chi connectivity index (χ3v) is 7.54. The zero-order valence-corrected chi connectivity index (χ0v) is 17.2. The smallest absolute Gasteiger partial charge is 0.243 e. The molecule has 0 amide bonds. The highest BCUT2D eigenvalue weighted by molar-refractivity contribution is 7.89. The number of carbonyl (C=O) groups excluding carboxylic acids is 1. The zero-order chi connectivity index (χ0) is 19.9. The Kier molecular flexibility index (Phi) is 5.22. The first kappa shape index (κ1) is 19.5. The third-order valence-electron chi connectivity index (χ3n) is 5.08. The predicted octanol–water partition coefficient (Wildman–Crippen LogP) is 5.13. The minimum Gasteiger partial charge on any atom is -0.354 e. The Labute approximate surface area is 173 Å². The van der Waals surface area contributed by atoms with Crippen molar-refractivity contribution in [3.63, 3.8) is 0 Å². The van der Waals surface area contributed by atoms with E-state index in [4.69, 9.17) is 23.2 Å². The van der Waals surface area contributed by atoms with Crippen LogP contribution >= 0.6 is 23.2 Å². The molecular formula is C20H18Cl2N2O3S. The summed E-state index contributed by atoms with van der Waals surface area (Å²) in [6, 6.07) is 9.81. The maximum absolute atomic E-state index is 13.0. The van der Waals surface area contributed by atoms with Crippen LogP contribution in [0.2, 0.25) is 10.0 Å². The molecule has 28 heavy (non-hydrogen) atoms. The molecule has 0 radical (unpaired) electrons. The molecule has 0 spiro atoms. The van der Waals surface area contributed by atoms with Gasteiger partial charge in [0.2, 0.25) is 10.0 Å². The molecule has 5 nitrogen and oxygen atoms in total. The van der Waals surface area contributed by atoms with E-state index in [-0.39, 0.29) is 4.90 Å². The SMILES string of the molecule is O=Cc1c(-c2cc(Cl)ccc2Cl)[nH]c2ccc(S(=O)(=O)N3CCCCC3)cc12. The van der Waals surface area contributed by atoms with Crippen LogP contribution < -0.4 is 0 Å². The molecule has 1 aliphatic heterocycles. The number of nitrogens with one attached hydrogen (secondary N) is 1. The first-order valence-corrected chi connectivity index (χ1v) is 11.2. The third kappa shape index (κ3) is 3.35. The first-order chi connectivity index (χ1) is 13.4. The van der Waals surface area contributed by atoms with Crippen molar-refractivity contribution in [3.8, 4) is 11.3 Å². The van der Waals surface area contributed by atoms with Gasteiger partial charge in [0.15, 0.2) is 6.29 Å². The Balaban J connectivity index is 1.86. The summed E-state index contributed by atoms with van der Waals surface area (Å²) in [6.07, 6.45) is 3.48. The number of sulfonamides is 1. The second-order valence-corrected chi connectivity index (χ2v) is 9.61. The average molecular weight is 437 g/mol. The van der Waals surface area contributed by atoms with Gasteiger partial charge in [0.1, 0.15) is 0 Å². The molecule has 0 unspecified atom stereocenters. The lowest BCUT2D eigenvalue weighted by Gasteiger charge is -2.25. The number of aldehydes is 1. The number of carbonyl (C=O) groups is 1. The Morgan fingerprint density at radius 2 is 1.75 bits per heavy atom. The quantitative estimate of drug-likeness (QED) is 0.576. The number of piperidine rings is 1. The van der Waals surface area contributed by atoms with Gasteiger partial charge in [0.05, 0.1) is 15.6 Å². The summed E-state index contributed by atoms with van der Waals surface area (Å²) < 4.78 is 27.5. The number of aromatic nitrogens is 1. The van der Waals surface area contributed by atoms with Gasteiger partial charge in [-0.25, -0.2) is 8.42 Å². The second-order valence-electron chi connectivity index (χ2n) is 6.83. The number of rotatable bonds is 4. The Morgan fingerprint density at radius 3 is 2.46 bits per heavy atom. The number of halogens is 2. The molecule has 3 aromatic rings. The average Bonchev–Trinajstić information content (AvgIpc) is 3.08. The fraction of sp³-hybridized carbons (Fsp3) is 0.250. The molecular weight excluding hydrogens is 419 g/mol. The van der Waals surface area contributed by atoms with Gasteiger partial charge in [0, 0.05) is 40.1 Å². The molecule has 1 saturated heterocycles. The predicted molar refractivity (Wildman–Crippen MR) is 112 cm³/mol. The van der Waals surface area contributed by atoms with Gasteiger partial charge >= 0.3 is 0 Å². The highest BCUT2D eigenvalue weighted by Gasteiger charge is 2.27. The van der Waals surface area contributed by atoms with Crippen molar-refractivity contribution in [2.75, 3.05) is 13.1 Å². The molecule has 1 N–H and O–H groups in total. The summed E-state index contributed by atoms with van der Waals surface area (Å²) in [5.74, 6) is 0. The van der Waals surface area contributed by atoms with Crippen LogP contribution in [0, 0.1) is 0 Å². The number of aromatic amines is 1. The van der Waals surface area contributed by atoms with Gasteiger partial charge in [-0.3, -0.25) is 4.79 Å². The van der Waals surface area contributed by atoms with Gasteiger partial charge in [0.25, 0.3) is 0 Å². The summed E-state index contributed by atoms with van der Waals surface area (Å²) in [4.78, 5) is 15.2. The maximum atomic E-state index is 13.0. The molecule has 2 aromatic carbocycles. The van der Waals surface area contributed by atoms with Gasteiger partial charge in [-0.1, -0.05) is 29.6 Å². The van der Waals surface area contributed by atoms with Crippen LogP contribution in [0.5, 0.6) is 0 Å². The molecule has 146 valence electrons. The molecule has 1 aromatic heterocycles. The fourth-order valence-corrected chi connectivity index (χ4v) is 5.56. The molecule has 0 bridgehead atoms.